The van der Waals surface area contributed by atoms with Crippen molar-refractivity contribution >= 4 is 0 Å². The Kier molecular flexibility index (Phi) is 3.11. The fourth-order valence-electron chi connectivity index (χ4n) is 1.04. The van der Waals surface area contributed by atoms with Gasteiger partial charge in [-0.15, -0.1) is 0 Å². The van der Waals surface area contributed by atoms with E-state index in [1.807, 2.05) is 6.92 Å². The Hall–Kier alpha value is -1.26. The van der Waals surface area contributed by atoms with E-state index >= 15 is 0 Å². The third-order valence-corrected chi connectivity index (χ3v) is 1.71. The summed E-state index contributed by atoms with van der Waals surface area (Å²) >= 11 is 0. The normalized spacial score (nSPS) is 12.5. The SMILES string of the molecule is C=C(C)C(NN)c1ccc(F)cn1. The average Bonchev–Trinajstić information content (AvgIpc) is 2.09. The average molecular weight is 181 g/mol. The summed E-state index contributed by atoms with van der Waals surface area (Å²) in [7, 11) is 0. The van der Waals surface area contributed by atoms with Gasteiger partial charge >= 0.3 is 0 Å². The molecule has 1 unspecified atom stereocenters. The van der Waals surface area contributed by atoms with Crippen molar-refractivity contribution in [1.29, 1.82) is 0 Å². The molecule has 3 N–H and O–H groups in total. The van der Waals surface area contributed by atoms with Gasteiger partial charge < -0.3 is 0 Å². The maximum absolute atomic E-state index is 12.5. The van der Waals surface area contributed by atoms with Gasteiger partial charge in [0.25, 0.3) is 0 Å². The Balaban J connectivity index is 2.92. The van der Waals surface area contributed by atoms with Crippen molar-refractivity contribution in [2.24, 2.45) is 5.84 Å². The molecule has 70 valence electrons. The highest BCUT2D eigenvalue weighted by atomic mass is 19.1. The van der Waals surface area contributed by atoms with Crippen LogP contribution in [-0.2, 0) is 0 Å². The van der Waals surface area contributed by atoms with Crippen LogP contribution in [0.25, 0.3) is 0 Å². The lowest BCUT2D eigenvalue weighted by Crippen LogP contribution is -2.29. The van der Waals surface area contributed by atoms with Gasteiger partial charge in [0.2, 0.25) is 0 Å². The number of halogens is 1. The molecule has 0 fully saturated rings. The van der Waals surface area contributed by atoms with Crippen LogP contribution >= 0.6 is 0 Å². The summed E-state index contributed by atoms with van der Waals surface area (Å²) < 4.78 is 12.5. The molecule has 1 aromatic heterocycles. The molecule has 0 saturated heterocycles. The van der Waals surface area contributed by atoms with Gasteiger partial charge in [-0.2, -0.15) is 0 Å². The van der Waals surface area contributed by atoms with Gasteiger partial charge in [0.1, 0.15) is 5.82 Å². The zero-order chi connectivity index (χ0) is 9.84. The number of hydrogen-bond acceptors (Lipinski definition) is 3. The number of aromatic nitrogens is 1. The Labute approximate surface area is 76.4 Å². The Morgan fingerprint density at radius 3 is 2.77 bits per heavy atom. The molecule has 0 amide bonds. The zero-order valence-electron chi connectivity index (χ0n) is 7.42. The number of nitrogens with one attached hydrogen (secondary N) is 1. The monoisotopic (exact) mass is 181 g/mol. The van der Waals surface area contributed by atoms with Gasteiger partial charge in [0, 0.05) is 0 Å². The van der Waals surface area contributed by atoms with Crippen LogP contribution in [-0.4, -0.2) is 4.98 Å². The number of hydrogen-bond donors (Lipinski definition) is 2. The van der Waals surface area contributed by atoms with Gasteiger partial charge in [-0.05, 0) is 19.1 Å². The van der Waals surface area contributed by atoms with Crippen LogP contribution in [0.3, 0.4) is 0 Å². The smallest absolute Gasteiger partial charge is 0.141 e. The van der Waals surface area contributed by atoms with Gasteiger partial charge in [-0.25, -0.2) is 9.82 Å². The van der Waals surface area contributed by atoms with E-state index in [-0.39, 0.29) is 11.9 Å². The van der Waals surface area contributed by atoms with Crippen LogP contribution in [0, 0.1) is 5.82 Å². The maximum Gasteiger partial charge on any atom is 0.141 e. The molecule has 0 aliphatic carbocycles. The first-order valence-electron chi connectivity index (χ1n) is 3.88. The molecule has 13 heavy (non-hydrogen) atoms. The molecule has 1 rings (SSSR count). The van der Waals surface area contributed by atoms with Gasteiger partial charge in [0.15, 0.2) is 0 Å². The minimum absolute atomic E-state index is 0.222. The fourth-order valence-corrected chi connectivity index (χ4v) is 1.04. The van der Waals surface area contributed by atoms with Crippen LogP contribution in [0.5, 0.6) is 0 Å². The molecule has 0 spiro atoms. The third-order valence-electron chi connectivity index (χ3n) is 1.71. The number of nitrogens with zero attached hydrogens (tertiary/aromatic N) is 1. The molecule has 0 saturated carbocycles. The first-order chi connectivity index (χ1) is 6.15. The highest BCUT2D eigenvalue weighted by Crippen LogP contribution is 2.16. The Morgan fingerprint density at radius 2 is 2.38 bits per heavy atom. The van der Waals surface area contributed by atoms with E-state index in [2.05, 4.69) is 17.0 Å². The quantitative estimate of drug-likeness (QED) is 0.420. The van der Waals surface area contributed by atoms with Gasteiger partial charge in [-0.1, -0.05) is 12.2 Å². The predicted octanol–water partition coefficient (Wildman–Crippen LogP) is 1.30. The van der Waals surface area contributed by atoms with Crippen molar-refractivity contribution in [2.75, 3.05) is 0 Å². The van der Waals surface area contributed by atoms with Crippen LogP contribution in [0.1, 0.15) is 18.7 Å². The molecule has 3 nitrogen and oxygen atoms in total. The summed E-state index contributed by atoms with van der Waals surface area (Å²) in [5.41, 5.74) is 4.05. The summed E-state index contributed by atoms with van der Waals surface area (Å²) in [6, 6.07) is 2.70. The topological polar surface area (TPSA) is 50.9 Å². The summed E-state index contributed by atoms with van der Waals surface area (Å²) in [5, 5.41) is 0. The summed E-state index contributed by atoms with van der Waals surface area (Å²) in [5.74, 6) is 4.94. The lowest BCUT2D eigenvalue weighted by Gasteiger charge is -2.14. The van der Waals surface area contributed by atoms with Crippen molar-refractivity contribution in [3.05, 3.63) is 42.0 Å². The fraction of sp³-hybridized carbons (Fsp3) is 0.222. The second-order valence-corrected chi connectivity index (χ2v) is 2.85. The van der Waals surface area contributed by atoms with E-state index in [1.165, 1.54) is 6.07 Å². The van der Waals surface area contributed by atoms with E-state index in [4.69, 9.17) is 5.84 Å². The second kappa shape index (κ2) is 4.11. The lowest BCUT2D eigenvalue weighted by molar-refractivity contribution is 0.591. The molecular formula is C9H12FN3. The van der Waals surface area contributed by atoms with Crippen LogP contribution < -0.4 is 11.3 Å². The minimum atomic E-state index is -0.360. The van der Waals surface area contributed by atoms with Crippen molar-refractivity contribution in [3.63, 3.8) is 0 Å². The highest BCUT2D eigenvalue weighted by molar-refractivity contribution is 5.18. The Bertz CT molecular complexity index is 294. The molecule has 0 radical (unpaired) electrons. The zero-order valence-corrected chi connectivity index (χ0v) is 7.42. The first kappa shape index (κ1) is 9.83. The number of pyridine rings is 1. The summed E-state index contributed by atoms with van der Waals surface area (Å²) in [6.45, 7) is 5.58. The van der Waals surface area contributed by atoms with Crippen LogP contribution in [0.2, 0.25) is 0 Å². The van der Waals surface area contributed by atoms with E-state index in [0.29, 0.717) is 5.69 Å². The first-order valence-corrected chi connectivity index (χ1v) is 3.88. The Morgan fingerprint density at radius 1 is 1.69 bits per heavy atom. The second-order valence-electron chi connectivity index (χ2n) is 2.85. The van der Waals surface area contributed by atoms with E-state index in [0.717, 1.165) is 11.8 Å². The van der Waals surface area contributed by atoms with Crippen LogP contribution in [0.4, 0.5) is 4.39 Å². The largest absolute Gasteiger partial charge is 0.271 e. The molecule has 1 heterocycles. The maximum atomic E-state index is 12.5. The van der Waals surface area contributed by atoms with Crippen molar-refractivity contribution in [1.82, 2.24) is 10.4 Å². The number of rotatable bonds is 3. The van der Waals surface area contributed by atoms with Crippen molar-refractivity contribution in [2.45, 2.75) is 13.0 Å². The predicted molar refractivity (Wildman–Crippen MR) is 49.1 cm³/mol. The standard InChI is InChI=1S/C9H12FN3/c1-6(2)9(13-11)8-4-3-7(10)5-12-8/h3-5,9,13H,1,11H2,2H3. The van der Waals surface area contributed by atoms with Crippen molar-refractivity contribution < 1.29 is 4.39 Å². The molecule has 0 aliphatic heterocycles. The summed E-state index contributed by atoms with van der Waals surface area (Å²) in [6.07, 6.45) is 1.16. The molecule has 1 atom stereocenters. The molecular weight excluding hydrogens is 169 g/mol. The summed E-state index contributed by atoms with van der Waals surface area (Å²) in [4.78, 5) is 3.89. The number of nitrogens with two attached hydrogens (primary N) is 1. The minimum Gasteiger partial charge on any atom is -0.271 e. The number of hydrazine groups is 1. The van der Waals surface area contributed by atoms with Crippen molar-refractivity contribution in [3.8, 4) is 0 Å². The lowest BCUT2D eigenvalue weighted by atomic mass is 10.1. The molecule has 0 aliphatic rings. The molecule has 0 bridgehead atoms. The molecule has 0 aromatic carbocycles. The van der Waals surface area contributed by atoms with Crippen LogP contribution in [0.15, 0.2) is 30.5 Å². The van der Waals surface area contributed by atoms with Gasteiger partial charge in [0.05, 0.1) is 17.9 Å². The van der Waals surface area contributed by atoms with E-state index in [9.17, 15) is 4.39 Å². The third kappa shape index (κ3) is 2.34. The molecule has 1 aromatic rings. The highest BCUT2D eigenvalue weighted by Gasteiger charge is 2.10. The molecule has 4 heteroatoms. The van der Waals surface area contributed by atoms with Gasteiger partial charge in [-0.3, -0.25) is 10.8 Å². The van der Waals surface area contributed by atoms with E-state index in [1.54, 1.807) is 6.07 Å². The van der Waals surface area contributed by atoms with E-state index < -0.39 is 0 Å².